The second kappa shape index (κ2) is 3.89. The lowest BCUT2D eigenvalue weighted by Gasteiger charge is -2.12. The summed E-state index contributed by atoms with van der Waals surface area (Å²) in [6.45, 7) is 5.01. The van der Waals surface area contributed by atoms with E-state index in [0.717, 1.165) is 13.3 Å². The van der Waals surface area contributed by atoms with Gasteiger partial charge in [-0.25, -0.2) is 8.78 Å². The van der Waals surface area contributed by atoms with Crippen LogP contribution in [0.3, 0.4) is 0 Å². The first kappa shape index (κ1) is 9.86. The van der Waals surface area contributed by atoms with Gasteiger partial charge in [0.25, 0.3) is 0 Å². The highest BCUT2D eigenvalue weighted by atomic mass is 19.3. The zero-order valence-electron chi connectivity index (χ0n) is 6.95. The Morgan fingerprint density at radius 3 is 2.20 bits per heavy atom. The fourth-order valence-corrected chi connectivity index (χ4v) is 0.704. The van der Waals surface area contributed by atoms with Crippen molar-refractivity contribution in [2.24, 2.45) is 5.92 Å². The minimum absolute atomic E-state index is 0.0298. The monoisotopic (exact) mass is 150 g/mol. The molecule has 0 N–H and O–H groups in total. The molecule has 0 rings (SSSR count). The van der Waals surface area contributed by atoms with Crippen molar-refractivity contribution < 1.29 is 8.78 Å². The predicted molar refractivity (Wildman–Crippen MR) is 39.3 cm³/mol. The number of hydrogen-bond acceptors (Lipinski definition) is 0. The van der Waals surface area contributed by atoms with Crippen LogP contribution >= 0.6 is 0 Å². The van der Waals surface area contributed by atoms with Crippen LogP contribution in [0, 0.1) is 5.92 Å². The van der Waals surface area contributed by atoms with Gasteiger partial charge in [-0.15, -0.1) is 0 Å². The highest BCUT2D eigenvalue weighted by molar-refractivity contribution is 4.60. The van der Waals surface area contributed by atoms with Gasteiger partial charge in [-0.2, -0.15) is 0 Å². The van der Waals surface area contributed by atoms with Gasteiger partial charge in [-0.05, 0) is 19.3 Å². The van der Waals surface area contributed by atoms with Gasteiger partial charge in [0.2, 0.25) is 5.92 Å². The second-order valence-corrected chi connectivity index (χ2v) is 3.12. The Labute approximate surface area is 61.6 Å². The molecule has 62 valence electrons. The Morgan fingerprint density at radius 1 is 1.40 bits per heavy atom. The number of alkyl halides is 2. The highest BCUT2D eigenvalue weighted by Gasteiger charge is 2.20. The quantitative estimate of drug-likeness (QED) is 0.575. The third kappa shape index (κ3) is 5.99. The van der Waals surface area contributed by atoms with Crippen LogP contribution in [-0.4, -0.2) is 5.92 Å². The lowest BCUT2D eigenvalue weighted by Crippen LogP contribution is -2.10. The molecule has 0 aromatic rings. The van der Waals surface area contributed by atoms with Gasteiger partial charge < -0.3 is 0 Å². The van der Waals surface area contributed by atoms with Crippen LogP contribution in [0.1, 0.15) is 40.0 Å². The summed E-state index contributed by atoms with van der Waals surface area (Å²) < 4.78 is 24.4. The van der Waals surface area contributed by atoms with Gasteiger partial charge in [-0.1, -0.05) is 20.3 Å². The zero-order chi connectivity index (χ0) is 8.20. The Morgan fingerprint density at radius 2 is 1.90 bits per heavy atom. The van der Waals surface area contributed by atoms with Crippen molar-refractivity contribution >= 4 is 0 Å². The van der Waals surface area contributed by atoms with Gasteiger partial charge in [-0.3, -0.25) is 0 Å². The van der Waals surface area contributed by atoms with Crippen LogP contribution in [0.25, 0.3) is 0 Å². The molecular formula is C8H16F2. The van der Waals surface area contributed by atoms with E-state index in [1.807, 2.05) is 13.8 Å². The summed E-state index contributed by atoms with van der Waals surface area (Å²) in [4.78, 5) is 0. The molecule has 0 fully saturated rings. The van der Waals surface area contributed by atoms with Crippen molar-refractivity contribution in [2.45, 2.75) is 46.0 Å². The Bertz CT molecular complexity index is 83.7. The van der Waals surface area contributed by atoms with E-state index in [9.17, 15) is 8.78 Å². The smallest absolute Gasteiger partial charge is 0.207 e. The molecule has 2 heteroatoms. The van der Waals surface area contributed by atoms with Gasteiger partial charge in [0.1, 0.15) is 0 Å². The van der Waals surface area contributed by atoms with E-state index in [1.54, 1.807) is 0 Å². The maximum absolute atomic E-state index is 12.2. The van der Waals surface area contributed by atoms with E-state index in [-0.39, 0.29) is 6.42 Å². The van der Waals surface area contributed by atoms with Crippen LogP contribution in [-0.2, 0) is 0 Å². The molecular weight excluding hydrogens is 134 g/mol. The van der Waals surface area contributed by atoms with E-state index in [2.05, 4.69) is 0 Å². The highest BCUT2D eigenvalue weighted by Crippen LogP contribution is 2.22. The summed E-state index contributed by atoms with van der Waals surface area (Å²) in [7, 11) is 0. The maximum Gasteiger partial charge on any atom is 0.245 e. The molecule has 0 amide bonds. The van der Waals surface area contributed by atoms with Crippen molar-refractivity contribution in [1.82, 2.24) is 0 Å². The minimum Gasteiger partial charge on any atom is -0.207 e. The molecule has 0 nitrogen and oxygen atoms in total. The average molecular weight is 150 g/mol. The molecule has 0 spiro atoms. The molecule has 0 aliphatic heterocycles. The molecule has 0 heterocycles. The van der Waals surface area contributed by atoms with Crippen LogP contribution in [0.5, 0.6) is 0 Å². The van der Waals surface area contributed by atoms with Gasteiger partial charge >= 0.3 is 0 Å². The molecule has 10 heavy (non-hydrogen) atoms. The maximum atomic E-state index is 12.2. The summed E-state index contributed by atoms with van der Waals surface area (Å²) in [6, 6.07) is 0. The first-order valence-electron chi connectivity index (χ1n) is 3.83. The van der Waals surface area contributed by atoms with E-state index < -0.39 is 5.92 Å². The predicted octanol–water partition coefficient (Wildman–Crippen LogP) is 3.47. The lowest BCUT2D eigenvalue weighted by atomic mass is 10.0. The first-order valence-corrected chi connectivity index (χ1v) is 3.83. The molecule has 0 aliphatic carbocycles. The molecule has 0 radical (unpaired) electrons. The fourth-order valence-electron chi connectivity index (χ4n) is 0.704. The zero-order valence-corrected chi connectivity index (χ0v) is 6.95. The van der Waals surface area contributed by atoms with Crippen molar-refractivity contribution in [3.8, 4) is 0 Å². The summed E-state index contributed by atoms with van der Waals surface area (Å²) in [5.74, 6) is -2.03. The van der Waals surface area contributed by atoms with E-state index in [4.69, 9.17) is 0 Å². The van der Waals surface area contributed by atoms with E-state index >= 15 is 0 Å². The first-order chi connectivity index (χ1) is 4.45. The van der Waals surface area contributed by atoms with Crippen molar-refractivity contribution in [2.75, 3.05) is 0 Å². The fraction of sp³-hybridized carbons (Fsp3) is 1.00. The normalized spacial score (nSPS) is 15.3. The van der Waals surface area contributed by atoms with Crippen LogP contribution in [0.4, 0.5) is 8.78 Å². The second-order valence-electron chi connectivity index (χ2n) is 3.12. The Hall–Kier alpha value is -0.140. The lowest BCUT2D eigenvalue weighted by molar-refractivity contribution is 0.00713. The van der Waals surface area contributed by atoms with Crippen LogP contribution in [0.15, 0.2) is 0 Å². The summed E-state index contributed by atoms with van der Waals surface area (Å²) in [5, 5.41) is 0. The molecule has 1 unspecified atom stereocenters. The van der Waals surface area contributed by atoms with E-state index in [1.165, 1.54) is 0 Å². The largest absolute Gasteiger partial charge is 0.245 e. The van der Waals surface area contributed by atoms with Crippen molar-refractivity contribution in [3.63, 3.8) is 0 Å². The summed E-state index contributed by atoms with van der Waals surface area (Å²) >= 11 is 0. The Kier molecular flexibility index (Phi) is 3.84. The average Bonchev–Trinajstić information content (AvgIpc) is 1.81. The SMILES string of the molecule is CCC(C)CCC(C)(F)F. The third-order valence-electron chi connectivity index (χ3n) is 1.77. The standard InChI is InChI=1S/C8H16F2/c1-4-7(2)5-6-8(3,9)10/h7H,4-6H2,1-3H3. The molecule has 0 bridgehead atoms. The number of rotatable bonds is 4. The van der Waals surface area contributed by atoms with Crippen LogP contribution in [0.2, 0.25) is 0 Å². The molecule has 0 aliphatic rings. The van der Waals surface area contributed by atoms with Gasteiger partial charge in [0, 0.05) is 6.42 Å². The van der Waals surface area contributed by atoms with Gasteiger partial charge in [0.15, 0.2) is 0 Å². The molecule has 0 saturated carbocycles. The van der Waals surface area contributed by atoms with Crippen molar-refractivity contribution in [3.05, 3.63) is 0 Å². The molecule has 0 saturated heterocycles. The molecule has 1 atom stereocenters. The number of halogens is 2. The van der Waals surface area contributed by atoms with E-state index in [0.29, 0.717) is 12.3 Å². The van der Waals surface area contributed by atoms with Gasteiger partial charge in [0.05, 0.1) is 0 Å². The molecule has 0 aromatic heterocycles. The minimum atomic E-state index is -2.47. The third-order valence-corrected chi connectivity index (χ3v) is 1.77. The van der Waals surface area contributed by atoms with Crippen LogP contribution < -0.4 is 0 Å². The number of hydrogen-bond donors (Lipinski definition) is 0. The van der Waals surface area contributed by atoms with Crippen molar-refractivity contribution in [1.29, 1.82) is 0 Å². The Balaban J connectivity index is 3.36. The topological polar surface area (TPSA) is 0 Å². The summed E-state index contributed by atoms with van der Waals surface area (Å²) in [5.41, 5.74) is 0. The summed E-state index contributed by atoms with van der Waals surface area (Å²) in [6.07, 6.45) is 1.66. The molecule has 0 aromatic carbocycles.